The van der Waals surface area contributed by atoms with Crippen molar-refractivity contribution < 1.29 is 4.79 Å². The molecule has 25 heavy (non-hydrogen) atoms. The van der Waals surface area contributed by atoms with Crippen LogP contribution in [0.3, 0.4) is 0 Å². The topological polar surface area (TPSA) is 66.9 Å². The number of aromatic nitrogens is 2. The molecule has 0 atom stereocenters. The molecule has 0 aliphatic heterocycles. The van der Waals surface area contributed by atoms with E-state index < -0.39 is 0 Å². The summed E-state index contributed by atoms with van der Waals surface area (Å²) in [5.74, 6) is 1.18. The van der Waals surface area contributed by atoms with Crippen LogP contribution >= 0.6 is 0 Å². The molecule has 0 spiro atoms. The zero-order valence-electron chi connectivity index (χ0n) is 15.0. The van der Waals surface area contributed by atoms with E-state index in [0.717, 1.165) is 12.8 Å². The predicted molar refractivity (Wildman–Crippen MR) is 99.6 cm³/mol. The fourth-order valence-corrected chi connectivity index (χ4v) is 3.18. The molecule has 5 heteroatoms. The van der Waals surface area contributed by atoms with E-state index in [9.17, 15) is 4.79 Å². The molecule has 0 unspecified atom stereocenters. The molecular formula is C20H26N4O. The maximum absolute atomic E-state index is 12.5. The highest BCUT2D eigenvalue weighted by Crippen LogP contribution is 2.18. The minimum atomic E-state index is -0.101. The fraction of sp³-hybridized carbons (Fsp3) is 0.450. The van der Waals surface area contributed by atoms with E-state index in [4.69, 9.17) is 0 Å². The molecule has 1 aliphatic carbocycles. The predicted octanol–water partition coefficient (Wildman–Crippen LogP) is 3.77. The highest BCUT2D eigenvalue weighted by molar-refractivity contribution is 5.93. The van der Waals surface area contributed by atoms with E-state index in [1.165, 1.54) is 30.4 Å². The minimum Gasteiger partial charge on any atom is -0.366 e. The molecule has 0 bridgehead atoms. The first-order chi connectivity index (χ1) is 12.1. The lowest BCUT2D eigenvalue weighted by Gasteiger charge is -2.22. The summed E-state index contributed by atoms with van der Waals surface area (Å²) in [6.45, 7) is 4.55. The van der Waals surface area contributed by atoms with Crippen LogP contribution in [0.5, 0.6) is 0 Å². The zero-order valence-corrected chi connectivity index (χ0v) is 15.0. The Morgan fingerprint density at radius 1 is 1.08 bits per heavy atom. The number of carbonyl (C=O) groups is 1. The van der Waals surface area contributed by atoms with E-state index in [0.29, 0.717) is 23.9 Å². The molecule has 1 heterocycles. The summed E-state index contributed by atoms with van der Waals surface area (Å²) in [6.07, 6.45) is 5.78. The van der Waals surface area contributed by atoms with Gasteiger partial charge in [0.25, 0.3) is 5.91 Å². The highest BCUT2D eigenvalue weighted by Gasteiger charge is 2.18. The number of rotatable bonds is 5. The number of benzene rings is 1. The molecule has 1 saturated carbocycles. The van der Waals surface area contributed by atoms with E-state index in [1.807, 2.05) is 6.92 Å². The summed E-state index contributed by atoms with van der Waals surface area (Å²) in [5.41, 5.74) is 2.85. The second-order valence-electron chi connectivity index (χ2n) is 6.83. The van der Waals surface area contributed by atoms with Crippen LogP contribution in [0.2, 0.25) is 0 Å². The SMILES string of the molecule is Cc1ccc(CNc2cc(C(=O)NC3CCCCC3)nc(C)n2)cc1. The van der Waals surface area contributed by atoms with Crippen molar-refractivity contribution in [2.24, 2.45) is 0 Å². The van der Waals surface area contributed by atoms with Gasteiger partial charge in [0.2, 0.25) is 0 Å². The molecule has 132 valence electrons. The van der Waals surface area contributed by atoms with E-state index >= 15 is 0 Å². The van der Waals surface area contributed by atoms with Gasteiger partial charge in [-0.25, -0.2) is 9.97 Å². The average Bonchev–Trinajstić information content (AvgIpc) is 2.61. The lowest BCUT2D eigenvalue weighted by molar-refractivity contribution is 0.0922. The Hall–Kier alpha value is -2.43. The molecule has 1 fully saturated rings. The Kier molecular flexibility index (Phi) is 5.64. The Morgan fingerprint density at radius 3 is 2.52 bits per heavy atom. The van der Waals surface area contributed by atoms with Crippen LogP contribution < -0.4 is 10.6 Å². The largest absolute Gasteiger partial charge is 0.366 e. The average molecular weight is 338 g/mol. The van der Waals surface area contributed by atoms with Crippen molar-refractivity contribution >= 4 is 11.7 Å². The van der Waals surface area contributed by atoms with Crippen molar-refractivity contribution in [3.05, 3.63) is 53.0 Å². The van der Waals surface area contributed by atoms with Gasteiger partial charge in [-0.2, -0.15) is 0 Å². The van der Waals surface area contributed by atoms with Gasteiger partial charge in [-0.1, -0.05) is 49.1 Å². The third kappa shape index (κ3) is 5.02. The van der Waals surface area contributed by atoms with Crippen molar-refractivity contribution in [1.82, 2.24) is 15.3 Å². The van der Waals surface area contributed by atoms with Gasteiger partial charge in [-0.3, -0.25) is 4.79 Å². The lowest BCUT2D eigenvalue weighted by Crippen LogP contribution is -2.36. The van der Waals surface area contributed by atoms with Gasteiger partial charge in [0.05, 0.1) is 0 Å². The lowest BCUT2D eigenvalue weighted by atomic mass is 9.95. The van der Waals surface area contributed by atoms with Crippen molar-refractivity contribution in [2.75, 3.05) is 5.32 Å². The monoisotopic (exact) mass is 338 g/mol. The van der Waals surface area contributed by atoms with Crippen molar-refractivity contribution in [2.45, 2.75) is 58.5 Å². The third-order valence-electron chi connectivity index (χ3n) is 4.61. The maximum atomic E-state index is 12.5. The molecule has 3 rings (SSSR count). The molecule has 0 radical (unpaired) electrons. The maximum Gasteiger partial charge on any atom is 0.270 e. The molecule has 1 aromatic carbocycles. The number of hydrogen-bond acceptors (Lipinski definition) is 4. The van der Waals surface area contributed by atoms with E-state index in [1.54, 1.807) is 6.07 Å². The number of amides is 1. The molecule has 2 N–H and O–H groups in total. The zero-order chi connectivity index (χ0) is 17.6. The first-order valence-electron chi connectivity index (χ1n) is 9.06. The van der Waals surface area contributed by atoms with Crippen LogP contribution in [0.25, 0.3) is 0 Å². The summed E-state index contributed by atoms with van der Waals surface area (Å²) in [4.78, 5) is 21.2. The van der Waals surface area contributed by atoms with Gasteiger partial charge >= 0.3 is 0 Å². The third-order valence-corrected chi connectivity index (χ3v) is 4.61. The number of nitrogens with zero attached hydrogens (tertiary/aromatic N) is 2. The quantitative estimate of drug-likeness (QED) is 0.871. The first-order valence-corrected chi connectivity index (χ1v) is 9.06. The highest BCUT2D eigenvalue weighted by atomic mass is 16.1. The van der Waals surface area contributed by atoms with Crippen LogP contribution in [0.1, 0.15) is 59.5 Å². The Balaban J connectivity index is 1.64. The van der Waals surface area contributed by atoms with Crippen molar-refractivity contribution in [3.63, 3.8) is 0 Å². The van der Waals surface area contributed by atoms with Gasteiger partial charge in [-0.05, 0) is 32.3 Å². The summed E-state index contributed by atoms with van der Waals surface area (Å²) in [6, 6.07) is 10.4. The summed E-state index contributed by atoms with van der Waals surface area (Å²) < 4.78 is 0. The molecular weight excluding hydrogens is 312 g/mol. The molecule has 0 saturated heterocycles. The molecule has 1 aromatic heterocycles. The number of nitrogens with one attached hydrogen (secondary N) is 2. The standard InChI is InChI=1S/C20H26N4O/c1-14-8-10-16(11-9-14)13-21-19-12-18(22-15(2)23-19)20(25)24-17-6-4-3-5-7-17/h8-12,17H,3-7,13H2,1-2H3,(H,24,25)(H,21,22,23). The summed E-state index contributed by atoms with van der Waals surface area (Å²) in [5, 5.41) is 6.40. The summed E-state index contributed by atoms with van der Waals surface area (Å²) in [7, 11) is 0. The molecule has 1 aliphatic rings. The van der Waals surface area contributed by atoms with Crippen LogP contribution in [-0.4, -0.2) is 21.9 Å². The Labute approximate surface area is 149 Å². The summed E-state index contributed by atoms with van der Waals surface area (Å²) >= 11 is 0. The normalized spacial score (nSPS) is 15.0. The minimum absolute atomic E-state index is 0.101. The Morgan fingerprint density at radius 2 is 1.80 bits per heavy atom. The second kappa shape index (κ2) is 8.10. The van der Waals surface area contributed by atoms with Gasteiger partial charge < -0.3 is 10.6 Å². The van der Waals surface area contributed by atoms with Gasteiger partial charge in [0, 0.05) is 18.7 Å². The van der Waals surface area contributed by atoms with Crippen LogP contribution in [-0.2, 0) is 6.54 Å². The number of aryl methyl sites for hydroxylation is 2. The van der Waals surface area contributed by atoms with Crippen LogP contribution in [0, 0.1) is 13.8 Å². The first kappa shape index (κ1) is 17.4. The van der Waals surface area contributed by atoms with Crippen molar-refractivity contribution in [3.8, 4) is 0 Å². The Bertz CT molecular complexity index is 721. The van der Waals surface area contributed by atoms with Crippen LogP contribution in [0.15, 0.2) is 30.3 Å². The molecule has 1 amide bonds. The van der Waals surface area contributed by atoms with Crippen LogP contribution in [0.4, 0.5) is 5.82 Å². The number of anilines is 1. The van der Waals surface area contributed by atoms with Crippen molar-refractivity contribution in [1.29, 1.82) is 0 Å². The van der Waals surface area contributed by atoms with E-state index in [-0.39, 0.29) is 11.9 Å². The van der Waals surface area contributed by atoms with E-state index in [2.05, 4.69) is 51.8 Å². The fourth-order valence-electron chi connectivity index (χ4n) is 3.18. The smallest absolute Gasteiger partial charge is 0.270 e. The number of carbonyl (C=O) groups excluding carboxylic acids is 1. The van der Waals surface area contributed by atoms with Gasteiger partial charge in [-0.15, -0.1) is 0 Å². The molecule has 2 aromatic rings. The number of hydrogen-bond donors (Lipinski definition) is 2. The van der Waals surface area contributed by atoms with Gasteiger partial charge in [0.15, 0.2) is 0 Å². The second-order valence-corrected chi connectivity index (χ2v) is 6.83. The van der Waals surface area contributed by atoms with Gasteiger partial charge in [0.1, 0.15) is 17.3 Å². The molecule has 5 nitrogen and oxygen atoms in total.